The molecular formula is C16H17FN2O4S2. The van der Waals surface area contributed by atoms with E-state index >= 15 is 0 Å². The van der Waals surface area contributed by atoms with Crippen LogP contribution in [0.4, 0.5) is 10.1 Å². The van der Waals surface area contributed by atoms with Crippen molar-refractivity contribution in [2.24, 2.45) is 5.92 Å². The average molecular weight is 384 g/mol. The van der Waals surface area contributed by atoms with Gasteiger partial charge in [0.05, 0.1) is 5.56 Å². The summed E-state index contributed by atoms with van der Waals surface area (Å²) >= 11 is 0.889. The topological polar surface area (TPSA) is 86.7 Å². The molecule has 3 rings (SSSR count). The molecule has 0 amide bonds. The minimum absolute atomic E-state index is 0.00159. The number of carboxylic acid groups (broad SMARTS) is 1. The Morgan fingerprint density at radius 3 is 2.72 bits per heavy atom. The van der Waals surface area contributed by atoms with Gasteiger partial charge in [0.2, 0.25) is 10.0 Å². The maximum Gasteiger partial charge on any atom is 0.336 e. The second kappa shape index (κ2) is 7.11. The van der Waals surface area contributed by atoms with Crippen LogP contribution in [0.3, 0.4) is 0 Å². The monoisotopic (exact) mass is 384 g/mol. The molecule has 25 heavy (non-hydrogen) atoms. The molecule has 1 aromatic carbocycles. The minimum atomic E-state index is -3.71. The molecule has 0 bridgehead atoms. The highest BCUT2D eigenvalue weighted by Gasteiger charge is 2.25. The first-order valence-electron chi connectivity index (χ1n) is 7.67. The van der Waals surface area contributed by atoms with Gasteiger partial charge in [0.25, 0.3) is 0 Å². The molecule has 1 unspecified atom stereocenters. The van der Waals surface area contributed by atoms with Crippen molar-refractivity contribution >= 4 is 33.0 Å². The Hall–Kier alpha value is -1.97. The molecule has 0 saturated carbocycles. The summed E-state index contributed by atoms with van der Waals surface area (Å²) in [5, 5.41) is 10.2. The van der Waals surface area contributed by atoms with Gasteiger partial charge in [-0.25, -0.2) is 22.3 Å². The normalized spacial score (nSPS) is 17.8. The van der Waals surface area contributed by atoms with Crippen LogP contribution in [0, 0.1) is 11.7 Å². The second-order valence-electron chi connectivity index (χ2n) is 5.89. The predicted octanol–water partition coefficient (Wildman–Crippen LogP) is 2.39. The van der Waals surface area contributed by atoms with Crippen molar-refractivity contribution in [2.75, 3.05) is 24.5 Å². The molecule has 2 N–H and O–H groups in total. The van der Waals surface area contributed by atoms with E-state index in [0.717, 1.165) is 36.1 Å². The number of rotatable bonds is 6. The molecule has 6 nitrogen and oxygen atoms in total. The lowest BCUT2D eigenvalue weighted by molar-refractivity contribution is 0.0697. The lowest BCUT2D eigenvalue weighted by atomic mass is 10.1. The number of carboxylic acids is 1. The summed E-state index contributed by atoms with van der Waals surface area (Å²) in [4.78, 5) is 13.0. The summed E-state index contributed by atoms with van der Waals surface area (Å²) < 4.78 is 40.1. The largest absolute Gasteiger partial charge is 0.478 e. The number of hydrogen-bond donors (Lipinski definition) is 2. The van der Waals surface area contributed by atoms with Crippen LogP contribution < -0.4 is 9.62 Å². The van der Waals surface area contributed by atoms with Gasteiger partial charge in [0, 0.05) is 30.7 Å². The molecule has 134 valence electrons. The first-order chi connectivity index (χ1) is 11.8. The smallest absolute Gasteiger partial charge is 0.336 e. The molecule has 2 aromatic rings. The molecule has 9 heteroatoms. The average Bonchev–Trinajstić information content (AvgIpc) is 3.24. The fourth-order valence-corrected chi connectivity index (χ4v) is 5.07. The minimum Gasteiger partial charge on any atom is -0.478 e. The Balaban J connectivity index is 1.58. The molecular weight excluding hydrogens is 367 g/mol. The highest BCUT2D eigenvalue weighted by atomic mass is 32.2. The summed E-state index contributed by atoms with van der Waals surface area (Å²) in [6, 6.07) is 7.39. The van der Waals surface area contributed by atoms with E-state index in [0.29, 0.717) is 6.54 Å². The lowest BCUT2D eigenvalue weighted by Gasteiger charge is -2.18. The third-order valence-electron chi connectivity index (χ3n) is 4.13. The van der Waals surface area contributed by atoms with Crippen LogP contribution in [0.1, 0.15) is 16.8 Å². The van der Waals surface area contributed by atoms with Crippen molar-refractivity contribution < 1.29 is 22.7 Å². The zero-order valence-corrected chi connectivity index (χ0v) is 14.8. The Kier molecular flexibility index (Phi) is 5.07. The second-order valence-corrected chi connectivity index (χ2v) is 8.79. The van der Waals surface area contributed by atoms with Gasteiger partial charge in [0.1, 0.15) is 10.0 Å². The Bertz CT molecular complexity index is 865. The summed E-state index contributed by atoms with van der Waals surface area (Å²) in [7, 11) is -3.71. The quantitative estimate of drug-likeness (QED) is 0.799. The van der Waals surface area contributed by atoms with E-state index in [1.807, 2.05) is 0 Å². The third-order valence-corrected chi connectivity index (χ3v) is 6.99. The number of thiophene rings is 1. The van der Waals surface area contributed by atoms with E-state index < -0.39 is 16.0 Å². The molecule has 0 aliphatic carbocycles. The van der Waals surface area contributed by atoms with Crippen LogP contribution in [0.5, 0.6) is 0 Å². The van der Waals surface area contributed by atoms with Crippen LogP contribution in [0.25, 0.3) is 0 Å². The number of anilines is 1. The number of carbonyl (C=O) groups is 1. The summed E-state index contributed by atoms with van der Waals surface area (Å²) in [6.07, 6.45) is 0.824. The Morgan fingerprint density at radius 2 is 2.08 bits per heavy atom. The van der Waals surface area contributed by atoms with Crippen molar-refractivity contribution in [1.82, 2.24) is 4.72 Å². The Morgan fingerprint density at radius 1 is 1.36 bits per heavy atom. The predicted molar refractivity (Wildman–Crippen MR) is 93.2 cm³/mol. The molecule has 1 saturated heterocycles. The third kappa shape index (κ3) is 4.17. The molecule has 1 aromatic heterocycles. The number of nitrogens with one attached hydrogen (secondary N) is 1. The van der Waals surface area contributed by atoms with E-state index in [1.54, 1.807) is 12.1 Å². The highest BCUT2D eigenvalue weighted by Crippen LogP contribution is 2.25. The van der Waals surface area contributed by atoms with Crippen LogP contribution >= 0.6 is 11.3 Å². The molecule has 0 radical (unpaired) electrons. The molecule has 1 fully saturated rings. The van der Waals surface area contributed by atoms with E-state index in [1.165, 1.54) is 17.5 Å². The zero-order valence-electron chi connectivity index (χ0n) is 13.2. The van der Waals surface area contributed by atoms with Crippen molar-refractivity contribution in [3.8, 4) is 0 Å². The number of halogens is 1. The SMILES string of the molecule is O=C(O)c1csc(S(=O)(=O)NCC2CCN(c3ccc(F)cc3)C2)c1. The number of aromatic carboxylic acids is 1. The molecule has 0 spiro atoms. The van der Waals surface area contributed by atoms with Gasteiger partial charge in [-0.15, -0.1) is 11.3 Å². The van der Waals surface area contributed by atoms with Crippen molar-refractivity contribution in [2.45, 2.75) is 10.6 Å². The Labute approximate surface area is 149 Å². The van der Waals surface area contributed by atoms with Crippen LogP contribution in [-0.4, -0.2) is 39.1 Å². The zero-order chi connectivity index (χ0) is 18.0. The summed E-state index contributed by atoms with van der Waals surface area (Å²) in [6.45, 7) is 1.74. The van der Waals surface area contributed by atoms with Gasteiger partial charge in [0.15, 0.2) is 0 Å². The molecule has 1 aliphatic rings. The highest BCUT2D eigenvalue weighted by molar-refractivity contribution is 7.91. The maximum absolute atomic E-state index is 13.0. The molecule has 2 heterocycles. The van der Waals surface area contributed by atoms with E-state index in [2.05, 4.69) is 9.62 Å². The lowest BCUT2D eigenvalue weighted by Crippen LogP contribution is -2.30. The number of benzene rings is 1. The van der Waals surface area contributed by atoms with Gasteiger partial charge in [-0.1, -0.05) is 0 Å². The van der Waals surface area contributed by atoms with Crippen LogP contribution in [0.15, 0.2) is 39.9 Å². The van der Waals surface area contributed by atoms with Gasteiger partial charge >= 0.3 is 5.97 Å². The van der Waals surface area contributed by atoms with E-state index in [-0.39, 0.29) is 28.1 Å². The fourth-order valence-electron chi connectivity index (χ4n) is 2.75. The fraction of sp³-hybridized carbons (Fsp3) is 0.312. The standard InChI is InChI=1S/C16H17FN2O4S2/c17-13-1-3-14(4-2-13)19-6-5-11(9-19)8-18-25(22,23)15-7-12(10-24-15)16(20)21/h1-4,7,10-11,18H,5-6,8-9H2,(H,20,21). The van der Waals surface area contributed by atoms with E-state index in [4.69, 9.17) is 5.11 Å². The molecule has 1 aliphatic heterocycles. The first-order valence-corrected chi connectivity index (χ1v) is 10.0. The maximum atomic E-state index is 13.0. The number of sulfonamides is 1. The van der Waals surface area contributed by atoms with Crippen molar-refractivity contribution in [1.29, 1.82) is 0 Å². The summed E-state index contributed by atoms with van der Waals surface area (Å²) in [5.41, 5.74) is 0.879. The number of nitrogens with zero attached hydrogens (tertiary/aromatic N) is 1. The number of hydrogen-bond acceptors (Lipinski definition) is 5. The van der Waals surface area contributed by atoms with Crippen LogP contribution in [0.2, 0.25) is 0 Å². The first kappa shape index (κ1) is 17.8. The van der Waals surface area contributed by atoms with Crippen molar-refractivity contribution in [3.05, 3.63) is 47.1 Å². The van der Waals surface area contributed by atoms with Gasteiger partial charge in [-0.2, -0.15) is 0 Å². The summed E-state index contributed by atoms with van der Waals surface area (Å²) in [5.74, 6) is -1.30. The van der Waals surface area contributed by atoms with Crippen LogP contribution in [-0.2, 0) is 10.0 Å². The van der Waals surface area contributed by atoms with Gasteiger partial charge in [-0.3, -0.25) is 0 Å². The van der Waals surface area contributed by atoms with Gasteiger partial charge in [-0.05, 0) is 42.7 Å². The van der Waals surface area contributed by atoms with E-state index in [9.17, 15) is 17.6 Å². The van der Waals surface area contributed by atoms with Gasteiger partial charge < -0.3 is 10.0 Å². The molecule has 1 atom stereocenters. The van der Waals surface area contributed by atoms with Crippen molar-refractivity contribution in [3.63, 3.8) is 0 Å².